The molecule has 1 fully saturated rings. The van der Waals surface area contributed by atoms with Gasteiger partial charge < -0.3 is 0 Å². The minimum absolute atomic E-state index is 0.942. The first-order valence-corrected chi connectivity index (χ1v) is 14.1. The van der Waals surface area contributed by atoms with Crippen LogP contribution in [0.3, 0.4) is 0 Å². The molecule has 0 heteroatoms. The zero-order valence-electron chi connectivity index (χ0n) is 21.8. The van der Waals surface area contributed by atoms with Gasteiger partial charge in [-0.05, 0) is 79.3 Å². The first-order chi connectivity index (χ1) is 16.8. The van der Waals surface area contributed by atoms with Gasteiger partial charge in [0.2, 0.25) is 0 Å². The number of hydrogen-bond donors (Lipinski definition) is 0. The Labute approximate surface area is 210 Å². The fraction of sp³-hybridized carbons (Fsp3) is 0.529. The lowest BCUT2D eigenvalue weighted by molar-refractivity contribution is 0.249. The molecule has 0 atom stereocenters. The Morgan fingerprint density at radius 3 is 1.71 bits per heavy atom. The van der Waals surface area contributed by atoms with Gasteiger partial charge in [0, 0.05) is 11.1 Å². The van der Waals surface area contributed by atoms with E-state index in [1.165, 1.54) is 88.2 Å². The van der Waals surface area contributed by atoms with Gasteiger partial charge in [-0.3, -0.25) is 0 Å². The van der Waals surface area contributed by atoms with E-state index in [1.807, 2.05) is 0 Å². The van der Waals surface area contributed by atoms with Gasteiger partial charge in [0.25, 0.3) is 0 Å². The molecule has 0 N–H and O–H groups in total. The fourth-order valence-corrected chi connectivity index (χ4v) is 5.17. The zero-order valence-corrected chi connectivity index (χ0v) is 21.8. The van der Waals surface area contributed by atoms with Crippen molar-refractivity contribution in [2.75, 3.05) is 0 Å². The van der Waals surface area contributed by atoms with E-state index < -0.39 is 0 Å². The Bertz CT molecular complexity index is 880. The predicted molar refractivity (Wildman–Crippen MR) is 149 cm³/mol. The van der Waals surface area contributed by atoms with Crippen LogP contribution in [0.4, 0.5) is 0 Å². The van der Waals surface area contributed by atoms with E-state index in [9.17, 15) is 0 Å². The largest absolute Gasteiger partial charge is 0.0885 e. The standard InChI is InChI=1S/C34H46/c1-3-5-7-8-10-12-30-15-19-32(20-16-30)22-24-34-27-25-33(26-28-34)23-21-31-17-13-29(14-18-31)11-9-6-4-2/h7-8,15-16,19-20,25-29,31H,3-6,9-14,17-18,21,23H2,1-2H3/b8-7+. The van der Waals surface area contributed by atoms with E-state index in [2.05, 4.69) is 86.4 Å². The molecule has 0 heterocycles. The van der Waals surface area contributed by atoms with E-state index in [0.717, 1.165) is 35.8 Å². The topological polar surface area (TPSA) is 0 Å². The second-order valence-corrected chi connectivity index (χ2v) is 10.4. The summed E-state index contributed by atoms with van der Waals surface area (Å²) in [7, 11) is 0. The van der Waals surface area contributed by atoms with Crippen LogP contribution < -0.4 is 0 Å². The molecule has 0 saturated heterocycles. The maximum atomic E-state index is 3.34. The summed E-state index contributed by atoms with van der Waals surface area (Å²) in [6.07, 6.45) is 23.4. The Morgan fingerprint density at radius 2 is 1.15 bits per heavy atom. The lowest BCUT2D eigenvalue weighted by Crippen LogP contribution is -2.15. The smallest absolute Gasteiger partial charge is 0.0249 e. The first kappa shape index (κ1) is 26.3. The molecule has 0 amide bonds. The molecule has 0 spiro atoms. The molecule has 34 heavy (non-hydrogen) atoms. The normalized spacial score (nSPS) is 18.1. The van der Waals surface area contributed by atoms with E-state index in [-0.39, 0.29) is 0 Å². The molecular formula is C34H46. The highest BCUT2D eigenvalue weighted by molar-refractivity contribution is 5.44. The average molecular weight is 455 g/mol. The predicted octanol–water partition coefficient (Wildman–Crippen LogP) is 9.69. The number of hydrogen-bond acceptors (Lipinski definition) is 0. The van der Waals surface area contributed by atoms with Crippen LogP contribution in [-0.4, -0.2) is 0 Å². The molecule has 0 radical (unpaired) electrons. The van der Waals surface area contributed by atoms with Gasteiger partial charge in [0.05, 0.1) is 0 Å². The van der Waals surface area contributed by atoms with Crippen molar-refractivity contribution in [2.45, 2.75) is 104 Å². The quantitative estimate of drug-likeness (QED) is 0.170. The molecule has 1 saturated carbocycles. The van der Waals surface area contributed by atoms with Crippen molar-refractivity contribution in [3.05, 3.63) is 82.9 Å². The van der Waals surface area contributed by atoms with Gasteiger partial charge in [0.15, 0.2) is 0 Å². The molecule has 2 aromatic rings. The van der Waals surface area contributed by atoms with Gasteiger partial charge in [-0.2, -0.15) is 0 Å². The number of aryl methyl sites for hydroxylation is 2. The molecule has 0 unspecified atom stereocenters. The Hall–Kier alpha value is -2.26. The molecule has 3 rings (SSSR count). The fourth-order valence-electron chi connectivity index (χ4n) is 5.17. The van der Waals surface area contributed by atoms with Crippen LogP contribution in [0.5, 0.6) is 0 Å². The van der Waals surface area contributed by atoms with Crippen molar-refractivity contribution in [1.82, 2.24) is 0 Å². The van der Waals surface area contributed by atoms with Crippen LogP contribution >= 0.6 is 0 Å². The molecular weight excluding hydrogens is 408 g/mol. The summed E-state index contributed by atoms with van der Waals surface area (Å²) in [6, 6.07) is 17.7. The Morgan fingerprint density at radius 1 is 0.618 bits per heavy atom. The minimum atomic E-state index is 0.942. The highest BCUT2D eigenvalue weighted by Crippen LogP contribution is 2.34. The summed E-state index contributed by atoms with van der Waals surface area (Å²) in [5.41, 5.74) is 5.06. The number of unbranched alkanes of at least 4 members (excludes halogenated alkanes) is 3. The first-order valence-electron chi connectivity index (χ1n) is 14.1. The van der Waals surface area contributed by atoms with Crippen LogP contribution in [0.25, 0.3) is 0 Å². The molecule has 1 aliphatic rings. The highest BCUT2D eigenvalue weighted by atomic mass is 14.3. The lowest BCUT2D eigenvalue weighted by atomic mass is 9.78. The zero-order chi connectivity index (χ0) is 23.8. The highest BCUT2D eigenvalue weighted by Gasteiger charge is 2.20. The average Bonchev–Trinajstić information content (AvgIpc) is 2.88. The molecule has 182 valence electrons. The minimum Gasteiger partial charge on any atom is -0.0885 e. The lowest BCUT2D eigenvalue weighted by Gasteiger charge is -2.28. The van der Waals surface area contributed by atoms with Crippen LogP contribution in [0.15, 0.2) is 60.7 Å². The van der Waals surface area contributed by atoms with Crippen LogP contribution in [0.2, 0.25) is 0 Å². The summed E-state index contributed by atoms with van der Waals surface area (Å²) < 4.78 is 0. The van der Waals surface area contributed by atoms with Crippen molar-refractivity contribution in [1.29, 1.82) is 0 Å². The molecule has 1 aliphatic carbocycles. The summed E-state index contributed by atoms with van der Waals surface area (Å²) in [4.78, 5) is 0. The third kappa shape index (κ3) is 9.93. The maximum absolute atomic E-state index is 3.34. The Balaban J connectivity index is 1.38. The monoisotopic (exact) mass is 454 g/mol. The third-order valence-electron chi connectivity index (χ3n) is 7.50. The van der Waals surface area contributed by atoms with E-state index in [4.69, 9.17) is 0 Å². The van der Waals surface area contributed by atoms with Gasteiger partial charge in [0.1, 0.15) is 0 Å². The van der Waals surface area contributed by atoms with Crippen molar-refractivity contribution in [2.24, 2.45) is 11.8 Å². The molecule has 0 aliphatic heterocycles. The second kappa shape index (κ2) is 15.6. The van der Waals surface area contributed by atoms with Crippen LogP contribution in [-0.2, 0) is 12.8 Å². The summed E-state index contributed by atoms with van der Waals surface area (Å²) >= 11 is 0. The SMILES string of the molecule is CCC/C=C/CCc1ccc(C#Cc2ccc(CCC3CCC(CCCCC)CC3)cc2)cc1. The molecule has 0 aromatic heterocycles. The van der Waals surface area contributed by atoms with Crippen LogP contribution in [0.1, 0.15) is 113 Å². The third-order valence-corrected chi connectivity index (χ3v) is 7.50. The van der Waals surface area contributed by atoms with Crippen molar-refractivity contribution in [3.8, 4) is 11.8 Å². The summed E-state index contributed by atoms with van der Waals surface area (Å²) in [6.45, 7) is 4.53. The molecule has 2 aromatic carbocycles. The van der Waals surface area contributed by atoms with Gasteiger partial charge in [-0.1, -0.05) is 120 Å². The van der Waals surface area contributed by atoms with E-state index in [1.54, 1.807) is 0 Å². The van der Waals surface area contributed by atoms with Crippen molar-refractivity contribution >= 4 is 0 Å². The maximum Gasteiger partial charge on any atom is 0.0249 e. The second-order valence-electron chi connectivity index (χ2n) is 10.4. The number of benzene rings is 2. The summed E-state index contributed by atoms with van der Waals surface area (Å²) in [5.74, 6) is 8.64. The molecule has 0 nitrogen and oxygen atoms in total. The summed E-state index contributed by atoms with van der Waals surface area (Å²) in [5, 5.41) is 0. The Kier molecular flexibility index (Phi) is 12.1. The van der Waals surface area contributed by atoms with Gasteiger partial charge in [-0.15, -0.1) is 0 Å². The van der Waals surface area contributed by atoms with Gasteiger partial charge >= 0.3 is 0 Å². The van der Waals surface area contributed by atoms with E-state index in [0.29, 0.717) is 0 Å². The number of allylic oxidation sites excluding steroid dienone is 2. The van der Waals surface area contributed by atoms with Crippen molar-refractivity contribution < 1.29 is 0 Å². The van der Waals surface area contributed by atoms with Crippen molar-refractivity contribution in [3.63, 3.8) is 0 Å². The van der Waals surface area contributed by atoms with Crippen LogP contribution in [0, 0.1) is 23.7 Å². The molecule has 0 bridgehead atoms. The van der Waals surface area contributed by atoms with E-state index >= 15 is 0 Å². The van der Waals surface area contributed by atoms with Gasteiger partial charge in [-0.25, -0.2) is 0 Å². The number of rotatable bonds is 12.